The SMILES string of the molecule is CNc1ncnc(-c2ccc[nH]2)c1C. The first kappa shape index (κ1) is 8.74. The Morgan fingerprint density at radius 2 is 2.21 bits per heavy atom. The minimum absolute atomic E-state index is 0.865. The quantitative estimate of drug-likeness (QED) is 0.755. The maximum Gasteiger partial charge on any atom is 0.132 e. The molecule has 2 aromatic heterocycles. The van der Waals surface area contributed by atoms with Crippen molar-refractivity contribution >= 4 is 5.82 Å². The van der Waals surface area contributed by atoms with Crippen molar-refractivity contribution in [3.63, 3.8) is 0 Å². The van der Waals surface area contributed by atoms with E-state index in [-0.39, 0.29) is 0 Å². The Morgan fingerprint density at radius 3 is 2.86 bits per heavy atom. The third kappa shape index (κ3) is 1.35. The molecule has 0 unspecified atom stereocenters. The van der Waals surface area contributed by atoms with Crippen LogP contribution in [0.2, 0.25) is 0 Å². The van der Waals surface area contributed by atoms with E-state index in [4.69, 9.17) is 0 Å². The fourth-order valence-electron chi connectivity index (χ4n) is 1.45. The summed E-state index contributed by atoms with van der Waals surface area (Å²) >= 11 is 0. The highest BCUT2D eigenvalue weighted by molar-refractivity contribution is 5.64. The minimum Gasteiger partial charge on any atom is -0.373 e. The summed E-state index contributed by atoms with van der Waals surface area (Å²) in [6.45, 7) is 2.00. The number of hydrogen-bond acceptors (Lipinski definition) is 3. The van der Waals surface area contributed by atoms with E-state index in [2.05, 4.69) is 20.3 Å². The summed E-state index contributed by atoms with van der Waals surface area (Å²) in [5.74, 6) is 0.865. The van der Waals surface area contributed by atoms with Crippen molar-refractivity contribution < 1.29 is 0 Å². The van der Waals surface area contributed by atoms with Gasteiger partial charge >= 0.3 is 0 Å². The van der Waals surface area contributed by atoms with Gasteiger partial charge in [-0.15, -0.1) is 0 Å². The second-order valence-corrected chi connectivity index (χ2v) is 3.03. The second-order valence-electron chi connectivity index (χ2n) is 3.03. The normalized spacial score (nSPS) is 10.1. The lowest BCUT2D eigenvalue weighted by Gasteiger charge is -2.06. The Morgan fingerprint density at radius 1 is 1.36 bits per heavy atom. The molecule has 0 bridgehead atoms. The third-order valence-corrected chi connectivity index (χ3v) is 2.17. The maximum absolute atomic E-state index is 4.25. The van der Waals surface area contributed by atoms with Crippen LogP contribution in [-0.2, 0) is 0 Å². The van der Waals surface area contributed by atoms with Gasteiger partial charge in [0.2, 0.25) is 0 Å². The Bertz CT molecular complexity index is 420. The monoisotopic (exact) mass is 188 g/mol. The fourth-order valence-corrected chi connectivity index (χ4v) is 1.45. The fraction of sp³-hybridized carbons (Fsp3) is 0.200. The predicted molar refractivity (Wildman–Crippen MR) is 56.1 cm³/mol. The topological polar surface area (TPSA) is 53.6 Å². The molecule has 0 aliphatic heterocycles. The number of nitrogens with one attached hydrogen (secondary N) is 2. The molecule has 2 aromatic rings. The highest BCUT2D eigenvalue weighted by Gasteiger charge is 2.07. The molecule has 0 aromatic carbocycles. The van der Waals surface area contributed by atoms with E-state index in [9.17, 15) is 0 Å². The summed E-state index contributed by atoms with van der Waals surface area (Å²) in [5, 5.41) is 3.03. The lowest BCUT2D eigenvalue weighted by Crippen LogP contribution is -1.99. The molecule has 0 aliphatic rings. The molecule has 0 radical (unpaired) electrons. The molecule has 0 spiro atoms. The molecule has 2 N–H and O–H groups in total. The number of anilines is 1. The van der Waals surface area contributed by atoms with Gasteiger partial charge in [0, 0.05) is 18.8 Å². The van der Waals surface area contributed by atoms with E-state index < -0.39 is 0 Å². The number of aromatic nitrogens is 3. The van der Waals surface area contributed by atoms with Crippen LogP contribution < -0.4 is 5.32 Å². The van der Waals surface area contributed by atoms with Gasteiger partial charge in [0.1, 0.15) is 12.1 Å². The van der Waals surface area contributed by atoms with Gasteiger partial charge in [0.15, 0.2) is 0 Å². The van der Waals surface area contributed by atoms with E-state index in [1.807, 2.05) is 32.3 Å². The van der Waals surface area contributed by atoms with Crippen LogP contribution in [0, 0.1) is 6.92 Å². The van der Waals surface area contributed by atoms with Crippen molar-refractivity contribution in [2.24, 2.45) is 0 Å². The van der Waals surface area contributed by atoms with Crippen LogP contribution in [0.4, 0.5) is 5.82 Å². The molecule has 4 nitrogen and oxygen atoms in total. The lowest BCUT2D eigenvalue weighted by atomic mass is 10.2. The molecule has 0 fully saturated rings. The highest BCUT2D eigenvalue weighted by Crippen LogP contribution is 2.22. The van der Waals surface area contributed by atoms with Crippen LogP contribution in [0.25, 0.3) is 11.4 Å². The predicted octanol–water partition coefficient (Wildman–Crippen LogP) is 1.82. The smallest absolute Gasteiger partial charge is 0.132 e. The molecule has 0 saturated carbocycles. The number of nitrogens with zero attached hydrogens (tertiary/aromatic N) is 2. The van der Waals surface area contributed by atoms with E-state index >= 15 is 0 Å². The molecule has 0 aliphatic carbocycles. The van der Waals surface area contributed by atoms with Crippen molar-refractivity contribution in [2.75, 3.05) is 12.4 Å². The standard InChI is InChI=1S/C10H12N4/c1-7-9(8-4-3-5-12-8)13-6-14-10(7)11-2/h3-6,12H,1-2H3,(H,11,13,14). The van der Waals surface area contributed by atoms with Gasteiger partial charge in [-0.1, -0.05) is 0 Å². The van der Waals surface area contributed by atoms with Gasteiger partial charge in [-0.25, -0.2) is 9.97 Å². The van der Waals surface area contributed by atoms with Crippen molar-refractivity contribution in [1.29, 1.82) is 0 Å². The maximum atomic E-state index is 4.25. The van der Waals surface area contributed by atoms with Gasteiger partial charge in [0.25, 0.3) is 0 Å². The van der Waals surface area contributed by atoms with Crippen LogP contribution in [0.5, 0.6) is 0 Å². The first-order valence-electron chi connectivity index (χ1n) is 4.46. The first-order chi connectivity index (χ1) is 6.83. The summed E-state index contributed by atoms with van der Waals surface area (Å²) in [7, 11) is 1.85. The zero-order valence-electron chi connectivity index (χ0n) is 8.20. The summed E-state index contributed by atoms with van der Waals surface area (Å²) in [5.41, 5.74) is 3.01. The molecule has 0 atom stereocenters. The summed E-state index contributed by atoms with van der Waals surface area (Å²) in [6, 6.07) is 3.95. The number of hydrogen-bond donors (Lipinski definition) is 2. The lowest BCUT2D eigenvalue weighted by molar-refractivity contribution is 1.12. The van der Waals surface area contributed by atoms with Crippen molar-refractivity contribution in [2.45, 2.75) is 6.92 Å². The Balaban J connectivity index is 2.54. The van der Waals surface area contributed by atoms with Crippen LogP contribution in [-0.4, -0.2) is 22.0 Å². The largest absolute Gasteiger partial charge is 0.373 e. The van der Waals surface area contributed by atoms with Gasteiger partial charge in [-0.05, 0) is 19.1 Å². The van der Waals surface area contributed by atoms with Crippen LogP contribution in [0.1, 0.15) is 5.56 Å². The van der Waals surface area contributed by atoms with E-state index in [0.29, 0.717) is 0 Å². The zero-order chi connectivity index (χ0) is 9.97. The van der Waals surface area contributed by atoms with E-state index in [1.165, 1.54) is 0 Å². The molecular formula is C10H12N4. The van der Waals surface area contributed by atoms with Gasteiger partial charge in [-0.3, -0.25) is 0 Å². The third-order valence-electron chi connectivity index (χ3n) is 2.17. The summed E-state index contributed by atoms with van der Waals surface area (Å²) in [6.07, 6.45) is 3.45. The Hall–Kier alpha value is -1.84. The highest BCUT2D eigenvalue weighted by atomic mass is 15.0. The number of aromatic amines is 1. The Kier molecular flexibility index (Phi) is 2.18. The molecule has 72 valence electrons. The van der Waals surface area contributed by atoms with Crippen molar-refractivity contribution in [3.8, 4) is 11.4 Å². The average Bonchev–Trinajstić information content (AvgIpc) is 2.71. The van der Waals surface area contributed by atoms with Crippen LogP contribution in [0.3, 0.4) is 0 Å². The summed E-state index contributed by atoms with van der Waals surface area (Å²) in [4.78, 5) is 11.5. The molecule has 2 heterocycles. The molecule has 4 heteroatoms. The van der Waals surface area contributed by atoms with Crippen LogP contribution in [0.15, 0.2) is 24.7 Å². The molecule has 0 amide bonds. The Labute approximate surface area is 82.4 Å². The second kappa shape index (κ2) is 3.49. The van der Waals surface area contributed by atoms with Crippen molar-refractivity contribution in [1.82, 2.24) is 15.0 Å². The van der Waals surface area contributed by atoms with E-state index in [1.54, 1.807) is 6.33 Å². The molecule has 0 saturated heterocycles. The molecular weight excluding hydrogens is 176 g/mol. The average molecular weight is 188 g/mol. The first-order valence-corrected chi connectivity index (χ1v) is 4.46. The summed E-state index contributed by atoms with van der Waals surface area (Å²) < 4.78 is 0. The number of rotatable bonds is 2. The van der Waals surface area contributed by atoms with Crippen molar-refractivity contribution in [3.05, 3.63) is 30.2 Å². The van der Waals surface area contributed by atoms with Gasteiger partial charge in [-0.2, -0.15) is 0 Å². The zero-order valence-corrected chi connectivity index (χ0v) is 8.20. The van der Waals surface area contributed by atoms with Gasteiger partial charge < -0.3 is 10.3 Å². The number of H-pyrrole nitrogens is 1. The minimum atomic E-state index is 0.865. The van der Waals surface area contributed by atoms with Gasteiger partial charge in [0.05, 0.1) is 11.4 Å². The molecule has 2 rings (SSSR count). The molecule has 14 heavy (non-hydrogen) atoms. The van der Waals surface area contributed by atoms with E-state index in [0.717, 1.165) is 22.8 Å². The van der Waals surface area contributed by atoms with Crippen LogP contribution >= 0.6 is 0 Å².